The maximum absolute atomic E-state index is 10.9. The van der Waals surface area contributed by atoms with E-state index in [0.717, 1.165) is 0 Å². The molecule has 0 heterocycles. The summed E-state index contributed by atoms with van der Waals surface area (Å²) in [5.74, 6) is -3.39. The zero-order valence-electron chi connectivity index (χ0n) is 10.3. The number of ether oxygens (including phenoxy) is 2. The summed E-state index contributed by atoms with van der Waals surface area (Å²) >= 11 is 3.27. The Morgan fingerprint density at radius 2 is 1.79 bits per heavy atom. The predicted molar refractivity (Wildman–Crippen MR) is 69.7 cm³/mol. The SMILES string of the molecule is COc1cc(CC(C(=O)O)C(=O)O)c(Br)c(OC)c1. The molecule has 1 rings (SSSR count). The summed E-state index contributed by atoms with van der Waals surface area (Å²) in [6.45, 7) is 0. The minimum Gasteiger partial charge on any atom is -0.497 e. The minimum absolute atomic E-state index is 0.168. The zero-order chi connectivity index (χ0) is 14.6. The van der Waals surface area contributed by atoms with E-state index in [1.165, 1.54) is 14.2 Å². The molecule has 0 aromatic heterocycles. The van der Waals surface area contributed by atoms with Crippen molar-refractivity contribution in [1.29, 1.82) is 0 Å². The highest BCUT2D eigenvalue weighted by atomic mass is 79.9. The summed E-state index contributed by atoms with van der Waals surface area (Å²) in [5, 5.41) is 17.8. The first-order valence-electron chi connectivity index (χ1n) is 5.26. The highest BCUT2D eigenvalue weighted by Crippen LogP contribution is 2.34. The highest BCUT2D eigenvalue weighted by molar-refractivity contribution is 9.10. The van der Waals surface area contributed by atoms with Crippen molar-refractivity contribution >= 4 is 27.9 Å². The van der Waals surface area contributed by atoms with Crippen molar-refractivity contribution in [1.82, 2.24) is 0 Å². The number of benzene rings is 1. The van der Waals surface area contributed by atoms with Crippen LogP contribution in [0.5, 0.6) is 11.5 Å². The quantitative estimate of drug-likeness (QED) is 0.771. The number of methoxy groups -OCH3 is 2. The van der Waals surface area contributed by atoms with Gasteiger partial charge in [0.15, 0.2) is 5.92 Å². The third kappa shape index (κ3) is 3.60. The van der Waals surface area contributed by atoms with E-state index in [1.807, 2.05) is 0 Å². The van der Waals surface area contributed by atoms with Crippen LogP contribution in [-0.2, 0) is 16.0 Å². The Morgan fingerprint density at radius 3 is 2.21 bits per heavy atom. The maximum Gasteiger partial charge on any atom is 0.318 e. The summed E-state index contributed by atoms with van der Waals surface area (Å²) in [7, 11) is 2.91. The Morgan fingerprint density at radius 1 is 1.21 bits per heavy atom. The molecule has 6 nitrogen and oxygen atoms in total. The first-order chi connectivity index (χ1) is 8.90. The van der Waals surface area contributed by atoms with E-state index in [2.05, 4.69) is 15.9 Å². The monoisotopic (exact) mass is 332 g/mol. The van der Waals surface area contributed by atoms with Crippen molar-refractivity contribution in [2.24, 2.45) is 5.92 Å². The summed E-state index contributed by atoms with van der Waals surface area (Å²) in [4.78, 5) is 21.8. The molecular weight excluding hydrogens is 320 g/mol. The molecule has 0 fully saturated rings. The summed E-state index contributed by atoms with van der Waals surface area (Å²) < 4.78 is 10.7. The van der Waals surface area contributed by atoms with Gasteiger partial charge in [-0.15, -0.1) is 0 Å². The lowest BCUT2D eigenvalue weighted by molar-refractivity contribution is -0.154. The van der Waals surface area contributed by atoms with Crippen LogP contribution in [-0.4, -0.2) is 36.4 Å². The van der Waals surface area contributed by atoms with Gasteiger partial charge in [0.25, 0.3) is 0 Å². The van der Waals surface area contributed by atoms with Gasteiger partial charge < -0.3 is 19.7 Å². The molecule has 1 aromatic carbocycles. The molecule has 0 bridgehead atoms. The van der Waals surface area contributed by atoms with E-state index in [4.69, 9.17) is 19.7 Å². The molecule has 0 unspecified atom stereocenters. The fourth-order valence-electron chi connectivity index (χ4n) is 1.54. The number of carbonyl (C=O) groups is 2. The molecule has 104 valence electrons. The highest BCUT2D eigenvalue weighted by Gasteiger charge is 2.27. The van der Waals surface area contributed by atoms with Gasteiger partial charge in [0.05, 0.1) is 18.7 Å². The van der Waals surface area contributed by atoms with Crippen LogP contribution in [0.3, 0.4) is 0 Å². The maximum atomic E-state index is 10.9. The van der Waals surface area contributed by atoms with Crippen LogP contribution in [0.15, 0.2) is 16.6 Å². The van der Waals surface area contributed by atoms with Gasteiger partial charge in [-0.25, -0.2) is 0 Å². The number of carboxylic acids is 2. The molecule has 0 saturated heterocycles. The Balaban J connectivity index is 3.18. The van der Waals surface area contributed by atoms with Gasteiger partial charge in [0, 0.05) is 6.07 Å². The van der Waals surface area contributed by atoms with Crippen LogP contribution in [0.4, 0.5) is 0 Å². The average molecular weight is 333 g/mol. The number of carboxylic acid groups (broad SMARTS) is 2. The largest absolute Gasteiger partial charge is 0.497 e. The lowest BCUT2D eigenvalue weighted by Crippen LogP contribution is -2.25. The molecule has 0 aliphatic heterocycles. The number of hydrogen-bond acceptors (Lipinski definition) is 4. The van der Waals surface area contributed by atoms with Crippen molar-refractivity contribution in [3.8, 4) is 11.5 Å². The van der Waals surface area contributed by atoms with E-state index in [9.17, 15) is 9.59 Å². The standard InChI is InChI=1S/C12H13BrO6/c1-18-7-3-6(10(13)9(5-7)19-2)4-8(11(14)15)12(16)17/h3,5,8H,4H2,1-2H3,(H,14,15)(H,16,17). The Hall–Kier alpha value is -1.76. The Labute approximate surface area is 118 Å². The third-order valence-corrected chi connectivity index (χ3v) is 3.46. The van der Waals surface area contributed by atoms with Gasteiger partial charge in [-0.05, 0) is 34.0 Å². The lowest BCUT2D eigenvalue weighted by atomic mass is 9.99. The lowest BCUT2D eigenvalue weighted by Gasteiger charge is -2.13. The molecule has 1 aromatic rings. The molecule has 0 amide bonds. The van der Waals surface area contributed by atoms with E-state index in [1.54, 1.807) is 12.1 Å². The summed E-state index contributed by atoms with van der Waals surface area (Å²) in [6.07, 6.45) is -0.168. The van der Waals surface area contributed by atoms with Gasteiger partial charge >= 0.3 is 11.9 Å². The van der Waals surface area contributed by atoms with Crippen molar-refractivity contribution in [2.75, 3.05) is 14.2 Å². The fourth-order valence-corrected chi connectivity index (χ4v) is 2.10. The zero-order valence-corrected chi connectivity index (χ0v) is 11.9. The van der Waals surface area contributed by atoms with Gasteiger partial charge in [-0.2, -0.15) is 0 Å². The number of rotatable bonds is 6. The van der Waals surface area contributed by atoms with Gasteiger partial charge in [-0.3, -0.25) is 9.59 Å². The molecule has 2 N–H and O–H groups in total. The van der Waals surface area contributed by atoms with Crippen molar-refractivity contribution < 1.29 is 29.3 Å². The normalized spacial score (nSPS) is 10.3. The van der Waals surface area contributed by atoms with Gasteiger partial charge in [-0.1, -0.05) is 0 Å². The van der Waals surface area contributed by atoms with E-state index < -0.39 is 17.9 Å². The van der Waals surface area contributed by atoms with Crippen LogP contribution in [0, 0.1) is 5.92 Å². The Bertz CT molecular complexity index is 485. The van der Waals surface area contributed by atoms with Crippen molar-refractivity contribution in [3.05, 3.63) is 22.2 Å². The fraction of sp³-hybridized carbons (Fsp3) is 0.333. The van der Waals surface area contributed by atoms with Gasteiger partial charge in [0.1, 0.15) is 11.5 Å². The van der Waals surface area contributed by atoms with Crippen LogP contribution in [0.25, 0.3) is 0 Å². The summed E-state index contributed by atoms with van der Waals surface area (Å²) in [6, 6.07) is 3.19. The van der Waals surface area contributed by atoms with Gasteiger partial charge in [0.2, 0.25) is 0 Å². The van der Waals surface area contributed by atoms with E-state index >= 15 is 0 Å². The molecule has 7 heteroatoms. The second-order valence-corrected chi connectivity index (χ2v) is 4.53. The predicted octanol–water partition coefficient (Wildman–Crippen LogP) is 1.79. The van der Waals surface area contributed by atoms with Crippen LogP contribution in [0.2, 0.25) is 0 Å². The van der Waals surface area contributed by atoms with Crippen molar-refractivity contribution in [2.45, 2.75) is 6.42 Å². The molecular formula is C12H13BrO6. The second kappa shape index (κ2) is 6.42. The number of aliphatic carboxylic acids is 2. The average Bonchev–Trinajstić information content (AvgIpc) is 2.36. The molecule has 0 aliphatic rings. The second-order valence-electron chi connectivity index (χ2n) is 3.74. The topological polar surface area (TPSA) is 93.1 Å². The van der Waals surface area contributed by atoms with Crippen molar-refractivity contribution in [3.63, 3.8) is 0 Å². The van der Waals surface area contributed by atoms with Crippen LogP contribution in [0.1, 0.15) is 5.56 Å². The molecule has 19 heavy (non-hydrogen) atoms. The third-order valence-electron chi connectivity index (χ3n) is 2.56. The first-order valence-corrected chi connectivity index (χ1v) is 6.06. The molecule has 0 aliphatic carbocycles. The van der Waals surface area contributed by atoms with Crippen LogP contribution < -0.4 is 9.47 Å². The smallest absolute Gasteiger partial charge is 0.318 e. The first kappa shape index (κ1) is 15.3. The number of hydrogen-bond donors (Lipinski definition) is 2. The minimum atomic E-state index is -1.52. The molecule has 0 spiro atoms. The van der Waals surface area contributed by atoms with E-state index in [-0.39, 0.29) is 6.42 Å². The van der Waals surface area contributed by atoms with E-state index in [0.29, 0.717) is 21.5 Å². The molecule has 0 atom stereocenters. The Kier molecular flexibility index (Phi) is 5.17. The molecule has 0 saturated carbocycles. The summed E-state index contributed by atoms with van der Waals surface area (Å²) in [5.41, 5.74) is 0.492. The number of halogens is 1. The van der Waals surface area contributed by atoms with Crippen LogP contribution >= 0.6 is 15.9 Å². The molecule has 0 radical (unpaired) electrons.